The van der Waals surface area contributed by atoms with Crippen molar-refractivity contribution in [3.63, 3.8) is 0 Å². The van der Waals surface area contributed by atoms with Crippen molar-refractivity contribution in [2.45, 2.75) is 43.6 Å². The average Bonchev–Trinajstić information content (AvgIpc) is 3.64. The van der Waals surface area contributed by atoms with Crippen LogP contribution in [-0.4, -0.2) is 53.2 Å². The maximum atomic E-state index is 13.2. The minimum absolute atomic E-state index is 0.0545. The second-order valence-electron chi connectivity index (χ2n) is 9.41. The summed E-state index contributed by atoms with van der Waals surface area (Å²) in [4.78, 5) is 35.2. The van der Waals surface area contributed by atoms with E-state index in [4.69, 9.17) is 0 Å². The van der Waals surface area contributed by atoms with Gasteiger partial charge in [0.15, 0.2) is 5.16 Å². The molecule has 1 aliphatic heterocycles. The Labute approximate surface area is 227 Å². The second kappa shape index (κ2) is 10.2. The molecule has 5 aromatic rings. The molecule has 0 spiro atoms. The molecule has 0 atom stereocenters. The van der Waals surface area contributed by atoms with Crippen LogP contribution < -0.4 is 5.69 Å². The van der Waals surface area contributed by atoms with E-state index in [1.165, 1.54) is 11.3 Å². The topological polar surface area (TPSA) is 102 Å². The summed E-state index contributed by atoms with van der Waals surface area (Å²) in [6.07, 6.45) is 1.46. The third kappa shape index (κ3) is 4.56. The highest BCUT2D eigenvalue weighted by Gasteiger charge is 2.28. The van der Waals surface area contributed by atoms with Crippen LogP contribution >= 0.6 is 23.1 Å². The minimum Gasteiger partial charge on any atom is -0.337 e. The van der Waals surface area contributed by atoms with Crippen LogP contribution in [0.2, 0.25) is 0 Å². The van der Waals surface area contributed by atoms with Crippen molar-refractivity contribution >= 4 is 40.0 Å². The van der Waals surface area contributed by atoms with E-state index in [1.807, 2.05) is 58.2 Å². The number of imidazole rings is 1. The maximum Gasteiger partial charge on any atom is 0.326 e. The van der Waals surface area contributed by atoms with Crippen LogP contribution in [0.4, 0.5) is 0 Å². The zero-order valence-corrected chi connectivity index (χ0v) is 22.8. The largest absolute Gasteiger partial charge is 0.337 e. The molecule has 1 saturated heterocycles. The molecule has 1 N–H and O–H groups in total. The predicted molar refractivity (Wildman–Crippen MR) is 149 cm³/mol. The number of aryl methyl sites for hydroxylation is 2. The normalized spacial score (nSPS) is 14.4. The van der Waals surface area contributed by atoms with Gasteiger partial charge in [0.25, 0.3) is 5.91 Å². The number of carbonyl (C=O) groups is 1. The molecular formula is C27H27N7O2S2. The van der Waals surface area contributed by atoms with Crippen LogP contribution in [-0.2, 0) is 5.75 Å². The van der Waals surface area contributed by atoms with E-state index in [1.54, 1.807) is 11.8 Å². The molecule has 0 aliphatic carbocycles. The molecule has 0 unspecified atom stereocenters. The Morgan fingerprint density at radius 2 is 1.84 bits per heavy atom. The first-order valence-corrected chi connectivity index (χ1v) is 14.4. The number of aromatic nitrogens is 6. The van der Waals surface area contributed by atoms with Gasteiger partial charge in [-0.05, 0) is 50.5 Å². The van der Waals surface area contributed by atoms with E-state index >= 15 is 0 Å². The first-order chi connectivity index (χ1) is 18.5. The van der Waals surface area contributed by atoms with Gasteiger partial charge >= 0.3 is 5.69 Å². The Morgan fingerprint density at radius 3 is 2.66 bits per heavy atom. The molecule has 1 amide bonds. The molecule has 1 aliphatic rings. The van der Waals surface area contributed by atoms with Gasteiger partial charge in [0.05, 0.1) is 22.5 Å². The van der Waals surface area contributed by atoms with Gasteiger partial charge in [-0.1, -0.05) is 42.1 Å². The molecule has 0 saturated carbocycles. The van der Waals surface area contributed by atoms with E-state index in [9.17, 15) is 9.59 Å². The van der Waals surface area contributed by atoms with Crippen molar-refractivity contribution in [3.8, 4) is 5.69 Å². The quantitative estimate of drug-likeness (QED) is 0.309. The van der Waals surface area contributed by atoms with Gasteiger partial charge in [0, 0.05) is 24.5 Å². The molecule has 0 radical (unpaired) electrons. The van der Waals surface area contributed by atoms with Crippen molar-refractivity contribution in [1.82, 2.24) is 34.2 Å². The molecule has 1 fully saturated rings. The Kier molecular flexibility index (Phi) is 6.62. The summed E-state index contributed by atoms with van der Waals surface area (Å²) in [5.41, 5.74) is 4.35. The van der Waals surface area contributed by atoms with E-state index in [2.05, 4.69) is 43.8 Å². The smallest absolute Gasteiger partial charge is 0.326 e. The van der Waals surface area contributed by atoms with Gasteiger partial charge in [-0.2, -0.15) is 0 Å². The lowest BCUT2D eigenvalue weighted by atomic mass is 10.0. The number of likely N-dealkylation sites (tertiary alicyclic amines) is 1. The molecule has 11 heteroatoms. The number of thioether (sulfide) groups is 1. The third-order valence-electron chi connectivity index (χ3n) is 6.99. The SMILES string of the molecule is Cc1ccccc1-n1c(C)nnc1SCc1nc(C(=O)N2CCC(n3c(=O)[nH]c4ccccc43)CC2)cs1. The summed E-state index contributed by atoms with van der Waals surface area (Å²) in [5.74, 6) is 1.38. The fourth-order valence-corrected chi connectivity index (χ4v) is 6.83. The van der Waals surface area contributed by atoms with Crippen molar-refractivity contribution in [2.24, 2.45) is 0 Å². The summed E-state index contributed by atoms with van der Waals surface area (Å²) in [5, 5.41) is 12.2. The first kappa shape index (κ1) is 24.6. The van der Waals surface area contributed by atoms with Crippen molar-refractivity contribution in [2.75, 3.05) is 13.1 Å². The number of nitrogens with one attached hydrogen (secondary N) is 1. The average molecular weight is 546 g/mol. The number of amides is 1. The maximum absolute atomic E-state index is 13.2. The summed E-state index contributed by atoms with van der Waals surface area (Å²) in [6, 6.07) is 16.0. The van der Waals surface area contributed by atoms with E-state index in [0.29, 0.717) is 24.5 Å². The Bertz CT molecular complexity index is 1670. The molecule has 9 nitrogen and oxygen atoms in total. The number of nitrogens with zero attached hydrogens (tertiary/aromatic N) is 6. The van der Waals surface area contributed by atoms with Crippen molar-refractivity contribution in [3.05, 3.63) is 86.5 Å². The Balaban J connectivity index is 1.10. The van der Waals surface area contributed by atoms with E-state index in [-0.39, 0.29) is 17.6 Å². The van der Waals surface area contributed by atoms with E-state index in [0.717, 1.165) is 51.1 Å². The van der Waals surface area contributed by atoms with Crippen LogP contribution in [0.5, 0.6) is 0 Å². The van der Waals surface area contributed by atoms with Crippen LogP contribution in [0.3, 0.4) is 0 Å². The number of fused-ring (bicyclic) bond motifs is 1. The molecule has 0 bridgehead atoms. The number of hydrogen-bond donors (Lipinski definition) is 1. The summed E-state index contributed by atoms with van der Waals surface area (Å²) < 4.78 is 3.90. The lowest BCUT2D eigenvalue weighted by Gasteiger charge is -2.32. The number of thiazole rings is 1. The number of H-pyrrole nitrogens is 1. The predicted octanol–water partition coefficient (Wildman–Crippen LogP) is 4.75. The number of piperidine rings is 1. The van der Waals surface area contributed by atoms with Gasteiger partial charge in [0.2, 0.25) is 0 Å². The van der Waals surface area contributed by atoms with Crippen LogP contribution in [0, 0.1) is 13.8 Å². The van der Waals surface area contributed by atoms with Crippen molar-refractivity contribution < 1.29 is 4.79 Å². The fraction of sp³-hybridized carbons (Fsp3) is 0.296. The standard InChI is InChI=1S/C27H27N7O2S2/c1-17-7-3-5-9-22(17)33-18(2)30-31-27(33)38-16-24-28-21(15-37-24)25(35)32-13-11-19(12-14-32)34-23-10-6-4-8-20(23)29-26(34)36/h3-10,15,19H,11-14,16H2,1-2H3,(H,29,36). The molecule has 2 aromatic carbocycles. The van der Waals surface area contributed by atoms with Gasteiger partial charge in [-0.15, -0.1) is 21.5 Å². The molecule has 3 aromatic heterocycles. The summed E-state index contributed by atoms with van der Waals surface area (Å²) in [7, 11) is 0. The van der Waals surface area contributed by atoms with Crippen LogP contribution in [0.25, 0.3) is 16.7 Å². The number of para-hydroxylation sites is 3. The van der Waals surface area contributed by atoms with Crippen LogP contribution in [0.15, 0.2) is 63.9 Å². The molecule has 4 heterocycles. The fourth-order valence-electron chi connectivity index (χ4n) is 5.06. The Hall–Kier alpha value is -3.70. The summed E-state index contributed by atoms with van der Waals surface area (Å²) >= 11 is 3.05. The van der Waals surface area contributed by atoms with E-state index < -0.39 is 0 Å². The van der Waals surface area contributed by atoms with Gasteiger partial charge in [0.1, 0.15) is 16.5 Å². The summed E-state index contributed by atoms with van der Waals surface area (Å²) in [6.45, 7) is 5.21. The molecule has 38 heavy (non-hydrogen) atoms. The number of hydrogen-bond acceptors (Lipinski definition) is 7. The first-order valence-electron chi connectivity index (χ1n) is 12.5. The third-order valence-corrected chi connectivity index (χ3v) is 8.96. The monoisotopic (exact) mass is 545 g/mol. The number of benzene rings is 2. The highest BCUT2D eigenvalue weighted by Crippen LogP contribution is 2.29. The van der Waals surface area contributed by atoms with Gasteiger partial charge < -0.3 is 9.88 Å². The number of rotatable bonds is 6. The zero-order chi connectivity index (χ0) is 26.2. The molecule has 6 rings (SSSR count). The zero-order valence-electron chi connectivity index (χ0n) is 21.1. The number of aromatic amines is 1. The van der Waals surface area contributed by atoms with Crippen molar-refractivity contribution in [1.29, 1.82) is 0 Å². The Morgan fingerprint density at radius 1 is 1.08 bits per heavy atom. The lowest BCUT2D eigenvalue weighted by Crippen LogP contribution is -2.40. The van der Waals surface area contributed by atoms with Crippen LogP contribution in [0.1, 0.15) is 45.8 Å². The molecule has 194 valence electrons. The number of carbonyl (C=O) groups excluding carboxylic acids is 1. The van der Waals surface area contributed by atoms with Gasteiger partial charge in [-0.25, -0.2) is 9.78 Å². The highest BCUT2D eigenvalue weighted by molar-refractivity contribution is 7.98. The van der Waals surface area contributed by atoms with Gasteiger partial charge in [-0.3, -0.25) is 13.9 Å². The minimum atomic E-state index is -0.0916. The molecular weight excluding hydrogens is 518 g/mol. The highest BCUT2D eigenvalue weighted by atomic mass is 32.2. The second-order valence-corrected chi connectivity index (χ2v) is 11.3. The lowest BCUT2D eigenvalue weighted by molar-refractivity contribution is 0.0689.